The molecule has 0 radical (unpaired) electrons. The van der Waals surface area contributed by atoms with Gasteiger partial charge in [0.2, 0.25) is 0 Å². The minimum Gasteiger partial charge on any atom is -0.496 e. The molecular weight excluding hydrogens is 250 g/mol. The van der Waals surface area contributed by atoms with Crippen molar-refractivity contribution in [1.29, 1.82) is 0 Å². The smallest absolute Gasteiger partial charge is 0.128 e. The largest absolute Gasteiger partial charge is 0.496 e. The molecule has 1 aliphatic heterocycles. The van der Waals surface area contributed by atoms with Gasteiger partial charge in [-0.05, 0) is 38.4 Å². The van der Waals surface area contributed by atoms with Crippen LogP contribution in [0.3, 0.4) is 0 Å². The van der Waals surface area contributed by atoms with Crippen molar-refractivity contribution in [3.8, 4) is 11.5 Å². The van der Waals surface area contributed by atoms with E-state index in [2.05, 4.69) is 32.2 Å². The molecular formula is C17H27NO2. The van der Waals surface area contributed by atoms with Crippen molar-refractivity contribution in [3.63, 3.8) is 0 Å². The Bertz CT molecular complexity index is 447. The molecule has 2 atom stereocenters. The van der Waals surface area contributed by atoms with Crippen molar-refractivity contribution in [1.82, 2.24) is 5.32 Å². The number of methoxy groups -OCH3 is 1. The highest BCUT2D eigenvalue weighted by atomic mass is 16.5. The number of unbranched alkanes of at least 4 members (excludes halogenated alkanes) is 1. The fourth-order valence-corrected chi connectivity index (χ4v) is 2.82. The molecule has 0 aliphatic carbocycles. The summed E-state index contributed by atoms with van der Waals surface area (Å²) in [7, 11) is 1.73. The van der Waals surface area contributed by atoms with E-state index in [4.69, 9.17) is 9.47 Å². The maximum absolute atomic E-state index is 6.23. The maximum atomic E-state index is 6.23. The first-order valence-electron chi connectivity index (χ1n) is 7.73. The van der Waals surface area contributed by atoms with Gasteiger partial charge in [0.25, 0.3) is 0 Å². The van der Waals surface area contributed by atoms with Crippen molar-refractivity contribution in [3.05, 3.63) is 23.8 Å². The van der Waals surface area contributed by atoms with Gasteiger partial charge in [-0.1, -0.05) is 26.3 Å². The molecule has 0 spiro atoms. The van der Waals surface area contributed by atoms with E-state index in [0.717, 1.165) is 30.9 Å². The Labute approximate surface area is 122 Å². The van der Waals surface area contributed by atoms with Crippen LogP contribution < -0.4 is 14.8 Å². The first-order chi connectivity index (χ1) is 9.63. The monoisotopic (exact) mass is 277 g/mol. The molecule has 2 unspecified atom stereocenters. The predicted molar refractivity (Wildman–Crippen MR) is 82.6 cm³/mol. The zero-order valence-corrected chi connectivity index (χ0v) is 13.2. The van der Waals surface area contributed by atoms with Gasteiger partial charge in [0.15, 0.2) is 0 Å². The highest BCUT2D eigenvalue weighted by Crippen LogP contribution is 2.45. The fraction of sp³-hybridized carbons (Fsp3) is 0.647. The third-order valence-electron chi connectivity index (χ3n) is 4.26. The zero-order valence-electron chi connectivity index (χ0n) is 13.2. The van der Waals surface area contributed by atoms with Crippen molar-refractivity contribution in [2.75, 3.05) is 13.7 Å². The molecule has 0 aromatic heterocycles. The Hall–Kier alpha value is -1.22. The van der Waals surface area contributed by atoms with Gasteiger partial charge in [-0.15, -0.1) is 0 Å². The molecule has 1 aromatic carbocycles. The average molecular weight is 277 g/mol. The zero-order chi connectivity index (χ0) is 14.6. The van der Waals surface area contributed by atoms with Crippen molar-refractivity contribution < 1.29 is 9.47 Å². The maximum Gasteiger partial charge on any atom is 0.128 e. The SMILES string of the molecule is CCCCNC1CC(C)(CC)Oc2cccc(OC)c21. The molecule has 0 saturated heterocycles. The molecule has 3 heteroatoms. The minimum absolute atomic E-state index is 0.0940. The standard InChI is InChI=1S/C17H27NO2/c1-5-7-11-18-13-12-17(3,6-2)20-15-10-8-9-14(19-4)16(13)15/h8-10,13,18H,5-7,11-12H2,1-4H3. The Morgan fingerprint density at radius 1 is 1.40 bits per heavy atom. The van der Waals surface area contributed by atoms with Gasteiger partial charge in [-0.2, -0.15) is 0 Å². The highest BCUT2D eigenvalue weighted by Gasteiger charge is 2.37. The number of nitrogens with one attached hydrogen (secondary N) is 1. The molecule has 3 nitrogen and oxygen atoms in total. The summed E-state index contributed by atoms with van der Waals surface area (Å²) in [4.78, 5) is 0. The van der Waals surface area contributed by atoms with Gasteiger partial charge in [0, 0.05) is 12.5 Å². The number of fused-ring (bicyclic) bond motifs is 1. The van der Waals surface area contributed by atoms with E-state index in [1.165, 1.54) is 18.4 Å². The van der Waals surface area contributed by atoms with E-state index < -0.39 is 0 Å². The van der Waals surface area contributed by atoms with Crippen LogP contribution in [0.5, 0.6) is 11.5 Å². The molecule has 112 valence electrons. The average Bonchev–Trinajstić information content (AvgIpc) is 2.46. The van der Waals surface area contributed by atoms with Crippen LogP contribution >= 0.6 is 0 Å². The number of hydrogen-bond donors (Lipinski definition) is 1. The van der Waals surface area contributed by atoms with E-state index in [-0.39, 0.29) is 5.60 Å². The van der Waals surface area contributed by atoms with E-state index >= 15 is 0 Å². The summed E-state index contributed by atoms with van der Waals surface area (Å²) in [6.45, 7) is 7.65. The number of benzene rings is 1. The second-order valence-corrected chi connectivity index (χ2v) is 5.84. The minimum atomic E-state index is -0.0940. The lowest BCUT2D eigenvalue weighted by Crippen LogP contribution is -2.41. The Morgan fingerprint density at radius 2 is 2.20 bits per heavy atom. The lowest BCUT2D eigenvalue weighted by atomic mass is 9.86. The van der Waals surface area contributed by atoms with Gasteiger partial charge in [0.1, 0.15) is 17.1 Å². The van der Waals surface area contributed by atoms with E-state index in [1.807, 2.05) is 12.1 Å². The van der Waals surface area contributed by atoms with Crippen LogP contribution in [-0.4, -0.2) is 19.3 Å². The Morgan fingerprint density at radius 3 is 2.85 bits per heavy atom. The predicted octanol–water partition coefficient (Wildman–Crippen LogP) is 4.08. The first-order valence-corrected chi connectivity index (χ1v) is 7.73. The van der Waals surface area contributed by atoms with Crippen LogP contribution in [0.1, 0.15) is 58.1 Å². The van der Waals surface area contributed by atoms with Gasteiger partial charge < -0.3 is 14.8 Å². The summed E-state index contributed by atoms with van der Waals surface area (Å²) in [5.74, 6) is 1.89. The molecule has 20 heavy (non-hydrogen) atoms. The summed E-state index contributed by atoms with van der Waals surface area (Å²) in [5.41, 5.74) is 1.08. The molecule has 0 saturated carbocycles. The van der Waals surface area contributed by atoms with Gasteiger partial charge in [-0.25, -0.2) is 0 Å². The first kappa shape index (κ1) is 15.2. The third kappa shape index (κ3) is 3.09. The highest BCUT2D eigenvalue weighted by molar-refractivity contribution is 5.48. The van der Waals surface area contributed by atoms with Crippen LogP contribution in [0, 0.1) is 0 Å². The lowest BCUT2D eigenvalue weighted by Gasteiger charge is -2.40. The van der Waals surface area contributed by atoms with Crippen LogP contribution in [-0.2, 0) is 0 Å². The molecule has 0 fully saturated rings. The number of rotatable bonds is 6. The van der Waals surface area contributed by atoms with Crippen LogP contribution in [0.4, 0.5) is 0 Å². The van der Waals surface area contributed by atoms with E-state index in [0.29, 0.717) is 6.04 Å². The van der Waals surface area contributed by atoms with Crippen LogP contribution in [0.2, 0.25) is 0 Å². The van der Waals surface area contributed by atoms with Crippen molar-refractivity contribution in [2.24, 2.45) is 0 Å². The van der Waals surface area contributed by atoms with Gasteiger partial charge >= 0.3 is 0 Å². The number of ether oxygens (including phenoxy) is 2. The molecule has 1 heterocycles. The Kier molecular flexibility index (Phi) is 4.92. The van der Waals surface area contributed by atoms with Crippen molar-refractivity contribution in [2.45, 2.75) is 58.1 Å². The van der Waals surface area contributed by atoms with Crippen LogP contribution in [0.15, 0.2) is 18.2 Å². The summed E-state index contributed by atoms with van der Waals surface area (Å²) in [5, 5.41) is 3.68. The molecule has 1 aromatic rings. The second kappa shape index (κ2) is 6.49. The molecule has 0 bridgehead atoms. The normalized spacial score (nSPS) is 24.9. The summed E-state index contributed by atoms with van der Waals surface area (Å²) in [6.07, 6.45) is 4.40. The van der Waals surface area contributed by atoms with E-state index in [9.17, 15) is 0 Å². The Balaban J connectivity index is 2.30. The lowest BCUT2D eigenvalue weighted by molar-refractivity contribution is 0.0432. The molecule has 2 rings (SSSR count). The van der Waals surface area contributed by atoms with Crippen molar-refractivity contribution >= 4 is 0 Å². The van der Waals surface area contributed by atoms with Crippen LogP contribution in [0.25, 0.3) is 0 Å². The third-order valence-corrected chi connectivity index (χ3v) is 4.26. The summed E-state index contributed by atoms with van der Waals surface area (Å²) in [6, 6.07) is 6.39. The second-order valence-electron chi connectivity index (χ2n) is 5.84. The molecule has 0 amide bonds. The van der Waals surface area contributed by atoms with E-state index in [1.54, 1.807) is 7.11 Å². The summed E-state index contributed by atoms with van der Waals surface area (Å²) >= 11 is 0. The number of hydrogen-bond acceptors (Lipinski definition) is 3. The topological polar surface area (TPSA) is 30.5 Å². The fourth-order valence-electron chi connectivity index (χ4n) is 2.82. The molecule has 1 aliphatic rings. The summed E-state index contributed by atoms with van der Waals surface area (Å²) < 4.78 is 11.8. The van der Waals surface area contributed by atoms with Gasteiger partial charge in [0.05, 0.1) is 12.7 Å². The molecule has 1 N–H and O–H groups in total. The van der Waals surface area contributed by atoms with Gasteiger partial charge in [-0.3, -0.25) is 0 Å². The quantitative estimate of drug-likeness (QED) is 0.795.